The van der Waals surface area contributed by atoms with E-state index in [0.717, 1.165) is 5.39 Å². The van der Waals surface area contributed by atoms with Gasteiger partial charge in [-0.2, -0.15) is 13.2 Å². The molecule has 1 aliphatic heterocycles. The van der Waals surface area contributed by atoms with Crippen LogP contribution in [0.3, 0.4) is 0 Å². The predicted molar refractivity (Wildman–Crippen MR) is 78.7 cm³/mol. The van der Waals surface area contributed by atoms with E-state index in [2.05, 4.69) is 0 Å². The third kappa shape index (κ3) is 3.09. The van der Waals surface area contributed by atoms with E-state index in [4.69, 9.17) is 0 Å². The second-order valence-electron chi connectivity index (χ2n) is 5.40. The number of halogens is 3. The summed E-state index contributed by atoms with van der Waals surface area (Å²) in [5, 5.41) is 3.27. The third-order valence-corrected chi connectivity index (χ3v) is 3.85. The Hall–Kier alpha value is -2.02. The highest BCUT2D eigenvalue weighted by Crippen LogP contribution is 2.17. The van der Waals surface area contributed by atoms with Crippen molar-refractivity contribution in [2.45, 2.75) is 6.18 Å². The second-order valence-corrected chi connectivity index (χ2v) is 5.40. The Morgan fingerprint density at radius 1 is 1.00 bits per heavy atom. The summed E-state index contributed by atoms with van der Waals surface area (Å²) >= 11 is 0. The summed E-state index contributed by atoms with van der Waals surface area (Å²) in [6, 6.07) is 9.13. The van der Waals surface area contributed by atoms with Crippen LogP contribution in [0.4, 0.5) is 13.2 Å². The highest BCUT2D eigenvalue weighted by molar-refractivity contribution is 5.81. The van der Waals surface area contributed by atoms with Crippen molar-refractivity contribution in [2.75, 3.05) is 37.7 Å². The van der Waals surface area contributed by atoms with Gasteiger partial charge in [0.25, 0.3) is 5.56 Å². The van der Waals surface area contributed by atoms with Crippen molar-refractivity contribution in [3.05, 3.63) is 46.9 Å². The molecule has 0 unspecified atom stereocenters. The van der Waals surface area contributed by atoms with Crippen LogP contribution in [-0.2, 0) is 0 Å². The Bertz CT molecular complexity index is 718. The molecule has 1 aliphatic rings. The number of piperazine rings is 1. The highest BCUT2D eigenvalue weighted by Gasteiger charge is 2.32. The lowest BCUT2D eigenvalue weighted by Gasteiger charge is -2.36. The molecule has 2 heterocycles. The number of fused-ring (bicyclic) bond motifs is 1. The molecule has 1 saturated heterocycles. The zero-order valence-corrected chi connectivity index (χ0v) is 11.9. The maximum atomic E-state index is 12.5. The molecule has 3 rings (SSSR count). The molecule has 4 nitrogen and oxygen atoms in total. The van der Waals surface area contributed by atoms with Crippen molar-refractivity contribution in [3.8, 4) is 0 Å². The van der Waals surface area contributed by atoms with Gasteiger partial charge < -0.3 is 5.01 Å². The summed E-state index contributed by atoms with van der Waals surface area (Å²) in [6.45, 7) is 0.480. The predicted octanol–water partition coefficient (Wildman–Crippen LogP) is 1.82. The Labute approximate surface area is 125 Å². The summed E-state index contributed by atoms with van der Waals surface area (Å²) in [4.78, 5) is 13.8. The fourth-order valence-electron chi connectivity index (χ4n) is 2.77. The minimum atomic E-state index is -4.18. The molecule has 0 N–H and O–H groups in total. The molecule has 22 heavy (non-hydrogen) atoms. The van der Waals surface area contributed by atoms with E-state index < -0.39 is 12.7 Å². The van der Waals surface area contributed by atoms with Gasteiger partial charge in [-0.25, -0.2) is 4.68 Å². The van der Waals surface area contributed by atoms with Crippen LogP contribution in [0.1, 0.15) is 0 Å². The van der Waals surface area contributed by atoms with Crippen LogP contribution >= 0.6 is 0 Å². The summed E-state index contributed by atoms with van der Waals surface area (Å²) in [5.74, 6) is 0. The normalized spacial score (nSPS) is 17.1. The van der Waals surface area contributed by atoms with E-state index in [1.54, 1.807) is 23.3 Å². The fraction of sp³-hybridized carbons (Fsp3) is 0.400. The van der Waals surface area contributed by atoms with Crippen molar-refractivity contribution >= 4 is 10.8 Å². The van der Waals surface area contributed by atoms with Crippen LogP contribution in [0, 0.1) is 0 Å². The Balaban J connectivity index is 1.77. The molecule has 1 fully saturated rings. The number of hydrogen-bond donors (Lipinski definition) is 0. The summed E-state index contributed by atoms with van der Waals surface area (Å²) < 4.78 is 38.7. The van der Waals surface area contributed by atoms with Gasteiger partial charge in [-0.15, -0.1) is 0 Å². The zero-order chi connectivity index (χ0) is 15.7. The standard InChI is InChI=1S/C15H16F3N3O/c16-15(17,18)11-19-7-9-20(10-8-19)21-6-5-12-3-1-2-4-13(12)14(21)22/h1-6H,7-11H2. The molecule has 0 atom stereocenters. The molecule has 0 aliphatic carbocycles. The minimum absolute atomic E-state index is 0.137. The smallest absolute Gasteiger partial charge is 0.308 e. The van der Waals surface area contributed by atoms with Gasteiger partial charge in [0.2, 0.25) is 0 Å². The first-order valence-corrected chi connectivity index (χ1v) is 7.09. The van der Waals surface area contributed by atoms with E-state index in [1.165, 1.54) is 9.58 Å². The number of aromatic nitrogens is 1. The number of rotatable bonds is 2. The first-order valence-electron chi connectivity index (χ1n) is 7.09. The lowest BCUT2D eigenvalue weighted by Crippen LogP contribution is -2.55. The van der Waals surface area contributed by atoms with Crippen molar-refractivity contribution < 1.29 is 13.2 Å². The minimum Gasteiger partial charge on any atom is -0.308 e. The molecular formula is C15H16F3N3O. The Morgan fingerprint density at radius 2 is 1.68 bits per heavy atom. The van der Waals surface area contributed by atoms with Crippen LogP contribution in [0.15, 0.2) is 41.3 Å². The van der Waals surface area contributed by atoms with Crippen LogP contribution in [0.5, 0.6) is 0 Å². The number of alkyl halides is 3. The van der Waals surface area contributed by atoms with E-state index in [-0.39, 0.29) is 5.56 Å². The molecule has 1 aromatic heterocycles. The Morgan fingerprint density at radius 3 is 2.36 bits per heavy atom. The molecule has 0 bridgehead atoms. The SMILES string of the molecule is O=c1c2ccccc2ccn1N1CCN(CC(F)(F)F)CC1. The van der Waals surface area contributed by atoms with E-state index >= 15 is 0 Å². The molecule has 7 heteroatoms. The average Bonchev–Trinajstić information content (AvgIpc) is 2.47. The number of hydrogen-bond acceptors (Lipinski definition) is 3. The van der Waals surface area contributed by atoms with E-state index in [1.807, 2.05) is 18.2 Å². The van der Waals surface area contributed by atoms with Gasteiger partial charge in [0.05, 0.1) is 6.54 Å². The van der Waals surface area contributed by atoms with Gasteiger partial charge >= 0.3 is 6.18 Å². The van der Waals surface area contributed by atoms with Crippen LogP contribution in [0.25, 0.3) is 10.8 Å². The molecule has 2 aromatic rings. The van der Waals surface area contributed by atoms with E-state index in [0.29, 0.717) is 31.6 Å². The molecule has 0 saturated carbocycles. The van der Waals surface area contributed by atoms with Gasteiger partial charge in [0.1, 0.15) is 0 Å². The van der Waals surface area contributed by atoms with Crippen molar-refractivity contribution in [2.24, 2.45) is 0 Å². The number of nitrogens with zero attached hydrogens (tertiary/aromatic N) is 3. The van der Waals surface area contributed by atoms with Crippen LogP contribution < -0.4 is 10.6 Å². The van der Waals surface area contributed by atoms with Gasteiger partial charge in [0.15, 0.2) is 0 Å². The molecular weight excluding hydrogens is 295 g/mol. The lowest BCUT2D eigenvalue weighted by atomic mass is 10.2. The maximum absolute atomic E-state index is 12.5. The molecule has 0 amide bonds. The number of pyridine rings is 1. The second kappa shape index (κ2) is 5.64. The average molecular weight is 311 g/mol. The first kappa shape index (κ1) is 14.9. The van der Waals surface area contributed by atoms with E-state index in [9.17, 15) is 18.0 Å². The monoisotopic (exact) mass is 311 g/mol. The zero-order valence-electron chi connectivity index (χ0n) is 11.9. The Kier molecular flexibility index (Phi) is 3.82. The molecule has 0 radical (unpaired) electrons. The quantitative estimate of drug-likeness (QED) is 0.847. The maximum Gasteiger partial charge on any atom is 0.401 e. The summed E-state index contributed by atoms with van der Waals surface area (Å²) in [6.07, 6.45) is -2.49. The van der Waals surface area contributed by atoms with Gasteiger partial charge in [-0.05, 0) is 17.5 Å². The largest absolute Gasteiger partial charge is 0.401 e. The highest BCUT2D eigenvalue weighted by atomic mass is 19.4. The summed E-state index contributed by atoms with van der Waals surface area (Å²) in [5.41, 5.74) is -0.137. The van der Waals surface area contributed by atoms with Crippen molar-refractivity contribution in [1.29, 1.82) is 0 Å². The number of benzene rings is 1. The third-order valence-electron chi connectivity index (χ3n) is 3.85. The van der Waals surface area contributed by atoms with Crippen molar-refractivity contribution in [1.82, 2.24) is 9.58 Å². The van der Waals surface area contributed by atoms with Gasteiger partial charge in [-0.1, -0.05) is 18.2 Å². The first-order chi connectivity index (χ1) is 10.4. The van der Waals surface area contributed by atoms with Crippen LogP contribution in [0.2, 0.25) is 0 Å². The fourth-order valence-corrected chi connectivity index (χ4v) is 2.77. The molecule has 0 spiro atoms. The van der Waals surface area contributed by atoms with Gasteiger partial charge in [0, 0.05) is 37.8 Å². The van der Waals surface area contributed by atoms with Gasteiger partial charge in [-0.3, -0.25) is 9.69 Å². The summed E-state index contributed by atoms with van der Waals surface area (Å²) in [7, 11) is 0. The van der Waals surface area contributed by atoms with Crippen LogP contribution in [-0.4, -0.2) is 48.5 Å². The topological polar surface area (TPSA) is 28.5 Å². The lowest BCUT2D eigenvalue weighted by molar-refractivity contribution is -0.146. The molecule has 118 valence electrons. The van der Waals surface area contributed by atoms with Crippen molar-refractivity contribution in [3.63, 3.8) is 0 Å². The molecule has 1 aromatic carbocycles.